The summed E-state index contributed by atoms with van der Waals surface area (Å²) in [4.78, 5) is 0. The molecule has 26 heavy (non-hydrogen) atoms. The van der Waals surface area contributed by atoms with Crippen LogP contribution in [-0.4, -0.2) is 0 Å². The van der Waals surface area contributed by atoms with Crippen molar-refractivity contribution in [1.82, 2.24) is 0 Å². The molecule has 0 heterocycles. The van der Waals surface area contributed by atoms with E-state index in [4.69, 9.17) is 27.9 Å². The Balaban J connectivity index is -0.0000000257. The second kappa shape index (κ2) is 89.2. The number of hydrogen-bond acceptors (Lipinski definition) is 0. The summed E-state index contributed by atoms with van der Waals surface area (Å²) < 4.78 is 45.0. The molecule has 0 amide bonds. The Labute approximate surface area is 180 Å². The molecule has 1 aromatic carbocycles. The van der Waals surface area contributed by atoms with Gasteiger partial charge < -0.3 is 0 Å². The zero-order valence-electron chi connectivity index (χ0n) is 13.8. The maximum absolute atomic E-state index is 7.50. The van der Waals surface area contributed by atoms with E-state index in [1.807, 2.05) is 30.3 Å². The maximum Gasteiger partial charge on any atom is 0 e. The SMILES string of the molecule is C1CCCC1.[C-]#[O+].[C-]#[O+].[C-]#[O+].[C-]#[O+].[C-]#[O+].[C-]#[O+].[CH2-]c1ccccc1.[Fe].[Re]. The molecule has 1 aromatic rings. The topological polar surface area (TPSA) is 119 Å². The fourth-order valence-corrected chi connectivity index (χ4v) is 1.36. The van der Waals surface area contributed by atoms with Gasteiger partial charge in [-0.1, -0.05) is 38.2 Å². The third-order valence-electron chi connectivity index (χ3n) is 2.09. The molecule has 1 saturated carbocycles. The molecule has 0 bridgehead atoms. The minimum Gasteiger partial charge on any atom is -0.199 e. The van der Waals surface area contributed by atoms with Gasteiger partial charge in [0.1, 0.15) is 0 Å². The molecule has 0 saturated heterocycles. The van der Waals surface area contributed by atoms with Crippen LogP contribution < -0.4 is 0 Å². The summed E-state index contributed by atoms with van der Waals surface area (Å²) >= 11 is 0. The molecule has 6 nitrogen and oxygen atoms in total. The van der Waals surface area contributed by atoms with Gasteiger partial charge in [0.25, 0.3) is 0 Å². The van der Waals surface area contributed by atoms with E-state index in [0.717, 1.165) is 5.56 Å². The van der Waals surface area contributed by atoms with Gasteiger partial charge in [0, 0.05) is 37.5 Å². The second-order valence-electron chi connectivity index (χ2n) is 3.25. The van der Waals surface area contributed by atoms with Gasteiger partial charge in [-0.15, -0.1) is 12.1 Å². The van der Waals surface area contributed by atoms with Gasteiger partial charge in [0.15, 0.2) is 0 Å². The van der Waals surface area contributed by atoms with Crippen LogP contribution in [0.15, 0.2) is 30.3 Å². The van der Waals surface area contributed by atoms with E-state index in [1.54, 1.807) is 0 Å². The van der Waals surface area contributed by atoms with Gasteiger partial charge in [-0.25, -0.2) is 0 Å². The van der Waals surface area contributed by atoms with Crippen molar-refractivity contribution >= 4 is 0 Å². The first-order chi connectivity index (χ1) is 11.9. The van der Waals surface area contributed by atoms with E-state index in [2.05, 4.69) is 46.8 Å². The number of rotatable bonds is 0. The smallest absolute Gasteiger partial charge is 0 e. The first-order valence-electron chi connectivity index (χ1n) is 5.99. The minimum atomic E-state index is 0. The minimum absolute atomic E-state index is 0. The standard InChI is InChI=1S/C7H7.C5H10.6CO.Fe.Re/c1-7-5-3-2-4-6-7;1-2-4-5-3-1;6*1-2;;/h2-6H,1H2;1-5H2;;;;;;;;/q-1;;;;;;;;;. The third-order valence-corrected chi connectivity index (χ3v) is 2.09. The molecular weight excluding hydrogens is 554 g/mol. The Morgan fingerprint density at radius 1 is 0.538 bits per heavy atom. The molecule has 0 atom stereocenters. The second-order valence-corrected chi connectivity index (χ2v) is 3.25. The average molecular weight is 571 g/mol. The van der Waals surface area contributed by atoms with Crippen LogP contribution in [0.25, 0.3) is 0 Å². The first-order valence-corrected chi connectivity index (χ1v) is 5.99. The van der Waals surface area contributed by atoms with Crippen molar-refractivity contribution in [3.8, 4) is 0 Å². The van der Waals surface area contributed by atoms with Gasteiger partial charge in [0.05, 0.1) is 0 Å². The monoisotopic (exact) mass is 572 g/mol. The summed E-state index contributed by atoms with van der Waals surface area (Å²) in [5.74, 6) is 0. The van der Waals surface area contributed by atoms with Gasteiger partial charge in [-0.05, 0) is 0 Å². The summed E-state index contributed by atoms with van der Waals surface area (Å²) in [6.07, 6.45) is 7.50. The van der Waals surface area contributed by atoms with Crippen LogP contribution in [0.3, 0.4) is 0 Å². The molecule has 0 unspecified atom stereocenters. The van der Waals surface area contributed by atoms with Crippen LogP contribution in [0.1, 0.15) is 37.7 Å². The number of benzene rings is 1. The van der Waals surface area contributed by atoms with Crippen molar-refractivity contribution in [2.24, 2.45) is 0 Å². The summed E-state index contributed by atoms with van der Waals surface area (Å²) in [7, 11) is 0. The van der Waals surface area contributed by atoms with Crippen molar-refractivity contribution in [3.63, 3.8) is 0 Å². The fourth-order valence-electron chi connectivity index (χ4n) is 1.36. The van der Waals surface area contributed by atoms with Crippen molar-refractivity contribution in [3.05, 3.63) is 82.7 Å². The van der Waals surface area contributed by atoms with E-state index in [9.17, 15) is 0 Å². The zero-order chi connectivity index (χ0) is 20.6. The molecule has 141 valence electrons. The Bertz CT molecular complexity index is 366. The molecule has 8 heteroatoms. The van der Waals surface area contributed by atoms with E-state index < -0.39 is 0 Å². The van der Waals surface area contributed by atoms with E-state index in [-0.39, 0.29) is 37.5 Å². The molecule has 1 fully saturated rings. The van der Waals surface area contributed by atoms with Crippen LogP contribution in [0, 0.1) is 46.8 Å². The average Bonchev–Trinajstić information content (AvgIpc) is 3.32. The largest absolute Gasteiger partial charge is 0.199 e. The molecule has 1 radical (unpaired) electrons. The number of hydrogen-bond donors (Lipinski definition) is 0. The van der Waals surface area contributed by atoms with Crippen molar-refractivity contribution in [2.75, 3.05) is 0 Å². The van der Waals surface area contributed by atoms with Crippen LogP contribution in [-0.2, 0) is 65.4 Å². The normalized spacial score (nSPS) is 7.38. The fraction of sp³-hybridized carbons (Fsp3) is 0.278. The van der Waals surface area contributed by atoms with E-state index in [1.165, 1.54) is 32.1 Å². The molecule has 0 N–H and O–H groups in total. The quantitative estimate of drug-likeness (QED) is 0.257. The Morgan fingerprint density at radius 3 is 0.846 bits per heavy atom. The Hall–Kier alpha value is -1.29. The van der Waals surface area contributed by atoms with Crippen LogP contribution in [0.2, 0.25) is 0 Å². The first kappa shape index (κ1) is 49.7. The molecule has 0 spiro atoms. The summed E-state index contributed by atoms with van der Waals surface area (Å²) in [6.45, 7) is 30.7. The zero-order valence-corrected chi connectivity index (χ0v) is 17.6. The third kappa shape index (κ3) is 78.1. The van der Waals surface area contributed by atoms with Crippen LogP contribution >= 0.6 is 0 Å². The Kier molecular flexibility index (Phi) is 171. The molecule has 0 aromatic heterocycles. The van der Waals surface area contributed by atoms with Gasteiger partial charge in [-0.2, -0.15) is 24.6 Å². The summed E-state index contributed by atoms with van der Waals surface area (Å²) in [5, 5.41) is 0. The summed E-state index contributed by atoms with van der Waals surface area (Å²) in [6, 6.07) is 9.87. The molecule has 1 aliphatic rings. The van der Waals surface area contributed by atoms with Crippen molar-refractivity contribution < 1.29 is 65.4 Å². The van der Waals surface area contributed by atoms with Crippen LogP contribution in [0.5, 0.6) is 0 Å². The van der Waals surface area contributed by atoms with Gasteiger partial charge >= 0.3 is 67.8 Å². The molecular formula is C18H17FeO6Re-. The predicted molar refractivity (Wildman–Crippen MR) is 77.6 cm³/mol. The molecule has 1 aliphatic carbocycles. The van der Waals surface area contributed by atoms with Crippen molar-refractivity contribution in [1.29, 1.82) is 0 Å². The predicted octanol–water partition coefficient (Wildman–Crippen LogP) is 3.59. The maximum atomic E-state index is 7.50. The van der Waals surface area contributed by atoms with Crippen molar-refractivity contribution in [2.45, 2.75) is 32.1 Å². The molecule has 0 aliphatic heterocycles. The molecule has 2 rings (SSSR count). The van der Waals surface area contributed by atoms with E-state index >= 15 is 0 Å². The van der Waals surface area contributed by atoms with Crippen LogP contribution in [0.4, 0.5) is 0 Å². The Morgan fingerprint density at radius 2 is 0.731 bits per heavy atom. The van der Waals surface area contributed by atoms with E-state index in [0.29, 0.717) is 0 Å². The van der Waals surface area contributed by atoms with Gasteiger partial charge in [0.2, 0.25) is 0 Å². The van der Waals surface area contributed by atoms with Gasteiger partial charge in [-0.3, -0.25) is 0 Å². The summed E-state index contributed by atoms with van der Waals surface area (Å²) in [5.41, 5.74) is 1.07.